The second-order valence-electron chi connectivity index (χ2n) is 5.33. The molecule has 1 aliphatic heterocycles. The summed E-state index contributed by atoms with van der Waals surface area (Å²) in [6.45, 7) is 3.01. The highest BCUT2D eigenvalue weighted by molar-refractivity contribution is 5.11. The second kappa shape index (κ2) is 4.51. The zero-order chi connectivity index (χ0) is 15.3. The smallest absolute Gasteiger partial charge is 0.330 e. The molecule has 1 aromatic rings. The van der Waals surface area contributed by atoms with Gasteiger partial charge in [-0.25, -0.2) is 13.8 Å². The highest BCUT2D eigenvalue weighted by atomic mass is 19.1. The van der Waals surface area contributed by atoms with Gasteiger partial charge in [0.25, 0.3) is 5.56 Å². The maximum Gasteiger partial charge on any atom is 0.330 e. The molecule has 1 fully saturated rings. The van der Waals surface area contributed by atoms with Crippen LogP contribution in [0.3, 0.4) is 0 Å². The van der Waals surface area contributed by atoms with E-state index in [0.717, 1.165) is 13.8 Å². The van der Waals surface area contributed by atoms with Crippen LogP contribution in [0.4, 0.5) is 4.39 Å². The Morgan fingerprint density at radius 2 is 2.10 bits per heavy atom. The Labute approximate surface area is 113 Å². The minimum absolute atomic E-state index is 0.205. The number of hydrogen-bond acceptors (Lipinski definition) is 5. The van der Waals surface area contributed by atoms with Crippen LogP contribution >= 0.6 is 0 Å². The Kier molecular flexibility index (Phi) is 3.35. The number of ether oxygens (including phenoxy) is 1. The van der Waals surface area contributed by atoms with Crippen LogP contribution in [0.1, 0.15) is 25.6 Å². The molecule has 0 bridgehead atoms. The number of aromatic nitrogens is 2. The van der Waals surface area contributed by atoms with E-state index in [1.54, 1.807) is 0 Å². The van der Waals surface area contributed by atoms with Gasteiger partial charge in [0.1, 0.15) is 11.7 Å². The number of aromatic amines is 1. The molecular formula is C12H17FN2O5. The first kappa shape index (κ1) is 14.9. The molecule has 2 rings (SSSR count). The molecule has 1 aromatic heterocycles. The Hall–Kier alpha value is -1.51. The molecule has 0 saturated carbocycles. The first-order valence-corrected chi connectivity index (χ1v) is 6.13. The fourth-order valence-electron chi connectivity index (χ4n) is 2.30. The molecule has 0 unspecified atom stereocenters. The fraction of sp³-hybridized carbons (Fsp3) is 0.667. The van der Waals surface area contributed by atoms with Gasteiger partial charge in [0.05, 0.1) is 6.61 Å². The Morgan fingerprint density at radius 1 is 1.50 bits per heavy atom. The summed E-state index contributed by atoms with van der Waals surface area (Å²) in [6.07, 6.45) is -1.65. The van der Waals surface area contributed by atoms with Crippen LogP contribution in [-0.4, -0.2) is 43.7 Å². The number of nitrogens with one attached hydrogen (secondary N) is 1. The number of nitrogens with zero attached hydrogens (tertiary/aromatic N) is 1. The van der Waals surface area contributed by atoms with Gasteiger partial charge in [-0.1, -0.05) is 0 Å². The highest BCUT2D eigenvalue weighted by Gasteiger charge is 2.63. The van der Waals surface area contributed by atoms with E-state index < -0.39 is 41.5 Å². The lowest BCUT2D eigenvalue weighted by Gasteiger charge is -2.32. The molecule has 4 atom stereocenters. The lowest BCUT2D eigenvalue weighted by Crippen LogP contribution is -2.54. The molecule has 0 amide bonds. The van der Waals surface area contributed by atoms with Crippen molar-refractivity contribution in [3.8, 4) is 0 Å². The summed E-state index contributed by atoms with van der Waals surface area (Å²) in [6, 6.07) is 0. The molecule has 2 heterocycles. The maximum atomic E-state index is 14.9. The summed E-state index contributed by atoms with van der Waals surface area (Å²) < 4.78 is 20.7. The van der Waals surface area contributed by atoms with Crippen LogP contribution in [0.5, 0.6) is 0 Å². The Morgan fingerprint density at radius 3 is 2.60 bits per heavy atom. The molecule has 0 aliphatic carbocycles. The van der Waals surface area contributed by atoms with E-state index in [0.29, 0.717) is 4.57 Å². The largest absolute Gasteiger partial charge is 0.394 e. The van der Waals surface area contributed by atoms with Crippen molar-refractivity contribution in [1.29, 1.82) is 0 Å². The van der Waals surface area contributed by atoms with Crippen LogP contribution in [0.2, 0.25) is 0 Å². The average Bonchev–Trinajstić information content (AvgIpc) is 2.53. The van der Waals surface area contributed by atoms with Crippen molar-refractivity contribution in [1.82, 2.24) is 9.55 Å². The predicted molar refractivity (Wildman–Crippen MR) is 67.2 cm³/mol. The third kappa shape index (κ3) is 1.83. The normalized spacial score (nSPS) is 37.3. The van der Waals surface area contributed by atoms with Gasteiger partial charge in [-0.2, -0.15) is 0 Å². The zero-order valence-corrected chi connectivity index (χ0v) is 11.4. The summed E-state index contributed by atoms with van der Waals surface area (Å²) in [7, 11) is 0. The average molecular weight is 288 g/mol. The monoisotopic (exact) mass is 288 g/mol. The number of aryl methyl sites for hydroxylation is 1. The van der Waals surface area contributed by atoms with E-state index in [9.17, 15) is 19.1 Å². The number of aliphatic hydroxyl groups excluding tert-OH is 1. The quantitative estimate of drug-likeness (QED) is 0.662. The third-order valence-corrected chi connectivity index (χ3v) is 3.96. The van der Waals surface area contributed by atoms with Gasteiger partial charge in [-0.05, 0) is 20.8 Å². The standard InChI is InChI=1S/C12H17FN2O5/c1-6-4-14-10(18)15(8(6)17)9-11(2,13)12(3,19)7(5-16)20-9/h4,7,9,16,19H,5H2,1-3H3,(H,14,18)/t7-,9-,11-,12-/m1/s1. The molecule has 1 saturated heterocycles. The first-order valence-electron chi connectivity index (χ1n) is 6.13. The minimum Gasteiger partial charge on any atom is -0.394 e. The molecule has 20 heavy (non-hydrogen) atoms. The molecule has 0 spiro atoms. The van der Waals surface area contributed by atoms with Crippen molar-refractivity contribution in [3.63, 3.8) is 0 Å². The summed E-state index contributed by atoms with van der Waals surface area (Å²) in [5.74, 6) is 0. The topological polar surface area (TPSA) is 105 Å². The van der Waals surface area contributed by atoms with Crippen molar-refractivity contribution in [2.75, 3.05) is 6.61 Å². The van der Waals surface area contributed by atoms with Gasteiger partial charge >= 0.3 is 5.69 Å². The van der Waals surface area contributed by atoms with Gasteiger partial charge in [-0.3, -0.25) is 4.79 Å². The Bertz CT molecular complexity index is 633. The molecule has 8 heteroatoms. The third-order valence-electron chi connectivity index (χ3n) is 3.96. The maximum absolute atomic E-state index is 14.9. The second-order valence-corrected chi connectivity index (χ2v) is 5.33. The molecule has 0 aromatic carbocycles. The van der Waals surface area contributed by atoms with Crippen LogP contribution in [0.25, 0.3) is 0 Å². The van der Waals surface area contributed by atoms with Gasteiger partial charge in [0, 0.05) is 11.8 Å². The van der Waals surface area contributed by atoms with Crippen molar-refractivity contribution in [2.45, 2.75) is 44.4 Å². The SMILES string of the molecule is Cc1c[nH]c(=O)n([C@@H]2O[C@H](CO)[C@@](C)(O)[C@]2(C)F)c1=O. The number of aliphatic hydroxyl groups is 2. The summed E-state index contributed by atoms with van der Waals surface area (Å²) in [4.78, 5) is 26.1. The number of hydrogen-bond donors (Lipinski definition) is 3. The van der Waals surface area contributed by atoms with E-state index >= 15 is 0 Å². The van der Waals surface area contributed by atoms with Crippen LogP contribution in [-0.2, 0) is 4.74 Å². The summed E-state index contributed by atoms with van der Waals surface area (Å²) in [5.41, 5.74) is -5.82. The molecule has 3 N–H and O–H groups in total. The van der Waals surface area contributed by atoms with E-state index in [1.807, 2.05) is 0 Å². The van der Waals surface area contributed by atoms with E-state index in [4.69, 9.17) is 9.84 Å². The predicted octanol–water partition coefficient (Wildman–Crippen LogP) is -0.786. The Balaban J connectivity index is 2.64. The minimum atomic E-state index is -2.43. The van der Waals surface area contributed by atoms with Crippen molar-refractivity contribution in [3.05, 3.63) is 32.6 Å². The molecule has 0 radical (unpaired) electrons. The van der Waals surface area contributed by atoms with Crippen molar-refractivity contribution in [2.24, 2.45) is 0 Å². The van der Waals surface area contributed by atoms with Crippen LogP contribution < -0.4 is 11.2 Å². The van der Waals surface area contributed by atoms with E-state index in [-0.39, 0.29) is 5.56 Å². The number of rotatable bonds is 2. The summed E-state index contributed by atoms with van der Waals surface area (Å²) in [5, 5.41) is 19.3. The van der Waals surface area contributed by atoms with Gasteiger partial charge in [-0.15, -0.1) is 0 Å². The van der Waals surface area contributed by atoms with Gasteiger partial charge in [0.15, 0.2) is 11.9 Å². The summed E-state index contributed by atoms with van der Waals surface area (Å²) >= 11 is 0. The number of alkyl halides is 1. The molecule has 112 valence electrons. The molecule has 1 aliphatic rings. The number of halogens is 1. The molecule has 7 nitrogen and oxygen atoms in total. The van der Waals surface area contributed by atoms with Gasteiger partial charge < -0.3 is 19.9 Å². The lowest BCUT2D eigenvalue weighted by atomic mass is 9.85. The van der Waals surface area contributed by atoms with E-state index in [1.165, 1.54) is 13.1 Å². The zero-order valence-electron chi connectivity index (χ0n) is 11.4. The van der Waals surface area contributed by atoms with E-state index in [2.05, 4.69) is 4.98 Å². The highest BCUT2D eigenvalue weighted by Crippen LogP contribution is 2.46. The van der Waals surface area contributed by atoms with Crippen molar-refractivity contribution < 1.29 is 19.3 Å². The lowest BCUT2D eigenvalue weighted by molar-refractivity contribution is -0.0892. The molecular weight excluding hydrogens is 271 g/mol. The fourth-order valence-corrected chi connectivity index (χ4v) is 2.30. The number of H-pyrrole nitrogens is 1. The van der Waals surface area contributed by atoms with Gasteiger partial charge in [0.2, 0.25) is 0 Å². The van der Waals surface area contributed by atoms with Crippen LogP contribution in [0.15, 0.2) is 15.8 Å². The first-order chi connectivity index (χ1) is 9.14. The van der Waals surface area contributed by atoms with Crippen molar-refractivity contribution >= 4 is 0 Å². The van der Waals surface area contributed by atoms with Crippen LogP contribution in [0, 0.1) is 6.92 Å².